The molecule has 0 saturated carbocycles. The van der Waals surface area contributed by atoms with Crippen molar-refractivity contribution in [3.05, 3.63) is 199 Å². The lowest BCUT2D eigenvalue weighted by Gasteiger charge is -2.25. The summed E-state index contributed by atoms with van der Waals surface area (Å²) in [6.45, 7) is 4.75. The van der Waals surface area contributed by atoms with E-state index in [1.54, 1.807) is 0 Å². The molecule has 10 aromatic rings. The largest absolute Gasteiger partial charge is 0.436 e. The molecular formula is C54H37NO. The van der Waals surface area contributed by atoms with Crippen LogP contribution in [0.5, 0.6) is 0 Å². The highest BCUT2D eigenvalue weighted by Crippen LogP contribution is 2.54. The first kappa shape index (κ1) is 32.4. The van der Waals surface area contributed by atoms with E-state index in [0.717, 1.165) is 22.0 Å². The summed E-state index contributed by atoms with van der Waals surface area (Å²) in [5, 5.41) is 4.81. The van der Waals surface area contributed by atoms with E-state index in [-0.39, 0.29) is 5.41 Å². The van der Waals surface area contributed by atoms with Gasteiger partial charge < -0.3 is 4.42 Å². The Morgan fingerprint density at radius 2 is 0.893 bits per heavy atom. The maximum absolute atomic E-state index is 6.43. The first-order valence-electron chi connectivity index (χ1n) is 19.4. The van der Waals surface area contributed by atoms with E-state index in [4.69, 9.17) is 9.40 Å². The molecule has 0 radical (unpaired) electrons. The monoisotopic (exact) mass is 715 g/mol. The molecule has 0 bridgehead atoms. The number of hydrogen-bond acceptors (Lipinski definition) is 2. The molecular weight excluding hydrogens is 679 g/mol. The van der Waals surface area contributed by atoms with Gasteiger partial charge in [-0.05, 0) is 125 Å². The number of rotatable bonds is 5. The van der Waals surface area contributed by atoms with Gasteiger partial charge in [0.05, 0.1) is 0 Å². The van der Waals surface area contributed by atoms with E-state index < -0.39 is 0 Å². The van der Waals surface area contributed by atoms with Crippen molar-refractivity contribution in [2.24, 2.45) is 0 Å². The predicted molar refractivity (Wildman–Crippen MR) is 234 cm³/mol. The fourth-order valence-electron chi connectivity index (χ4n) is 9.27. The molecule has 2 heteroatoms. The standard InChI is InChI=1S/C54H37NO/c1-54(2)47-26-14-13-23-39(47)43-32-45-46(33-48(43)54)52(41-25-12-10-22-38(41)35-19-7-4-8-20-35)44-31-36(53-55-49-27-15-16-28-50(49)56-53)29-30-42(44)51(45)40-24-11-9-21-37(40)34-17-5-3-6-18-34/h3-33H,1-2H3. The zero-order chi connectivity index (χ0) is 37.4. The lowest BCUT2D eigenvalue weighted by molar-refractivity contribution is 0.620. The normalized spacial score (nSPS) is 13.0. The van der Waals surface area contributed by atoms with Gasteiger partial charge in [-0.25, -0.2) is 4.98 Å². The summed E-state index contributed by atoms with van der Waals surface area (Å²) in [6.07, 6.45) is 0. The molecule has 0 fully saturated rings. The molecule has 264 valence electrons. The fraction of sp³-hybridized carbons (Fsp3) is 0.0556. The van der Waals surface area contributed by atoms with Crippen LogP contribution in [0.1, 0.15) is 25.0 Å². The van der Waals surface area contributed by atoms with E-state index in [9.17, 15) is 0 Å². The van der Waals surface area contributed by atoms with Crippen LogP contribution in [0.4, 0.5) is 0 Å². The van der Waals surface area contributed by atoms with Gasteiger partial charge in [-0.15, -0.1) is 0 Å². The average Bonchev–Trinajstić information content (AvgIpc) is 3.79. The average molecular weight is 716 g/mol. The van der Waals surface area contributed by atoms with Crippen molar-refractivity contribution in [3.8, 4) is 67.1 Å². The first-order valence-corrected chi connectivity index (χ1v) is 19.4. The van der Waals surface area contributed by atoms with Crippen molar-refractivity contribution >= 4 is 32.6 Å². The number of oxazole rings is 1. The minimum Gasteiger partial charge on any atom is -0.436 e. The van der Waals surface area contributed by atoms with Gasteiger partial charge in [-0.3, -0.25) is 0 Å². The Hall–Kier alpha value is -7.03. The number of benzene rings is 9. The number of para-hydroxylation sites is 2. The molecule has 0 amide bonds. The molecule has 1 aromatic heterocycles. The Labute approximate surface area is 326 Å². The zero-order valence-corrected chi connectivity index (χ0v) is 31.3. The third kappa shape index (κ3) is 4.92. The van der Waals surface area contributed by atoms with Crippen molar-refractivity contribution in [2.75, 3.05) is 0 Å². The zero-order valence-electron chi connectivity index (χ0n) is 31.3. The van der Waals surface area contributed by atoms with Crippen LogP contribution in [-0.4, -0.2) is 4.98 Å². The summed E-state index contributed by atoms with van der Waals surface area (Å²) in [5.74, 6) is 0.618. The van der Waals surface area contributed by atoms with Crippen LogP contribution < -0.4 is 0 Å². The van der Waals surface area contributed by atoms with Crippen molar-refractivity contribution in [1.82, 2.24) is 4.98 Å². The Bertz CT molecular complexity index is 3120. The molecule has 1 aliphatic rings. The van der Waals surface area contributed by atoms with Crippen LogP contribution in [0.3, 0.4) is 0 Å². The Kier molecular flexibility index (Phi) is 7.24. The van der Waals surface area contributed by atoms with Gasteiger partial charge in [0, 0.05) is 11.0 Å². The molecule has 0 unspecified atom stereocenters. The van der Waals surface area contributed by atoms with Crippen LogP contribution in [0.15, 0.2) is 192 Å². The molecule has 1 heterocycles. The summed E-state index contributed by atoms with van der Waals surface area (Å²) in [4.78, 5) is 4.98. The lowest BCUT2D eigenvalue weighted by atomic mass is 9.78. The number of hydrogen-bond donors (Lipinski definition) is 0. The van der Waals surface area contributed by atoms with Crippen LogP contribution in [0, 0.1) is 0 Å². The van der Waals surface area contributed by atoms with Crippen LogP contribution in [-0.2, 0) is 5.41 Å². The summed E-state index contributed by atoms with van der Waals surface area (Å²) < 4.78 is 6.43. The minimum absolute atomic E-state index is 0.173. The minimum atomic E-state index is -0.173. The second-order valence-electron chi connectivity index (χ2n) is 15.4. The lowest BCUT2D eigenvalue weighted by Crippen LogP contribution is -2.14. The number of aromatic nitrogens is 1. The Morgan fingerprint density at radius 1 is 0.375 bits per heavy atom. The van der Waals surface area contributed by atoms with Crippen LogP contribution in [0.25, 0.3) is 99.7 Å². The first-order chi connectivity index (χ1) is 27.5. The molecule has 2 nitrogen and oxygen atoms in total. The van der Waals surface area contributed by atoms with Gasteiger partial charge in [0.2, 0.25) is 5.89 Å². The maximum atomic E-state index is 6.43. The number of nitrogens with zero attached hydrogens (tertiary/aromatic N) is 1. The van der Waals surface area contributed by atoms with Gasteiger partial charge in [0.25, 0.3) is 0 Å². The highest BCUT2D eigenvalue weighted by atomic mass is 16.3. The fourth-order valence-corrected chi connectivity index (χ4v) is 9.27. The van der Waals surface area contributed by atoms with Gasteiger partial charge in [-0.1, -0.05) is 166 Å². The predicted octanol–water partition coefficient (Wildman–Crippen LogP) is 14.8. The highest BCUT2D eigenvalue weighted by Gasteiger charge is 2.36. The van der Waals surface area contributed by atoms with Crippen molar-refractivity contribution in [2.45, 2.75) is 19.3 Å². The Morgan fingerprint density at radius 3 is 1.55 bits per heavy atom. The van der Waals surface area contributed by atoms with E-state index >= 15 is 0 Å². The molecule has 11 rings (SSSR count). The van der Waals surface area contributed by atoms with E-state index in [1.807, 2.05) is 24.3 Å². The van der Waals surface area contributed by atoms with Gasteiger partial charge in [0.1, 0.15) is 5.52 Å². The topological polar surface area (TPSA) is 26.0 Å². The van der Waals surface area contributed by atoms with Crippen molar-refractivity contribution in [3.63, 3.8) is 0 Å². The summed E-state index contributed by atoms with van der Waals surface area (Å²) in [7, 11) is 0. The quantitative estimate of drug-likeness (QED) is 0.166. The van der Waals surface area contributed by atoms with E-state index in [1.165, 1.54) is 82.9 Å². The third-order valence-corrected chi connectivity index (χ3v) is 11.9. The van der Waals surface area contributed by atoms with Crippen LogP contribution >= 0.6 is 0 Å². The second kappa shape index (κ2) is 12.5. The van der Waals surface area contributed by atoms with Crippen LogP contribution in [0.2, 0.25) is 0 Å². The molecule has 56 heavy (non-hydrogen) atoms. The van der Waals surface area contributed by atoms with Crippen molar-refractivity contribution in [1.29, 1.82) is 0 Å². The molecule has 0 atom stereocenters. The van der Waals surface area contributed by atoms with E-state index in [2.05, 4.69) is 178 Å². The molecule has 0 N–H and O–H groups in total. The molecule has 0 saturated heterocycles. The van der Waals surface area contributed by atoms with Gasteiger partial charge in [0.15, 0.2) is 5.58 Å². The Balaban J connectivity index is 1.34. The third-order valence-electron chi connectivity index (χ3n) is 11.9. The smallest absolute Gasteiger partial charge is 0.227 e. The number of fused-ring (bicyclic) bond motifs is 6. The van der Waals surface area contributed by atoms with Crippen molar-refractivity contribution < 1.29 is 4.42 Å². The highest BCUT2D eigenvalue weighted by molar-refractivity contribution is 6.24. The van der Waals surface area contributed by atoms with Gasteiger partial charge >= 0.3 is 0 Å². The molecule has 1 aliphatic carbocycles. The summed E-state index contributed by atoms with van der Waals surface area (Å²) >= 11 is 0. The second-order valence-corrected chi connectivity index (χ2v) is 15.4. The summed E-state index contributed by atoms with van der Waals surface area (Å²) in [6, 6.07) is 68.1. The maximum Gasteiger partial charge on any atom is 0.227 e. The molecule has 0 spiro atoms. The van der Waals surface area contributed by atoms with E-state index in [0.29, 0.717) is 5.89 Å². The SMILES string of the molecule is CC1(C)c2ccccc2-c2cc3c(-c4ccccc4-c4ccccc4)c4ccc(-c5nc6ccccc6o5)cc4c(-c4ccccc4-c4ccccc4)c3cc21. The summed E-state index contributed by atoms with van der Waals surface area (Å²) in [5.41, 5.74) is 17.4. The molecule has 9 aromatic carbocycles. The van der Waals surface area contributed by atoms with Gasteiger partial charge in [-0.2, -0.15) is 0 Å². The molecule has 0 aliphatic heterocycles.